The maximum atomic E-state index is 12.5. The number of nitrogens with zero attached hydrogens (tertiary/aromatic N) is 2. The van der Waals surface area contributed by atoms with E-state index in [1.165, 1.54) is 24.2 Å². The molecule has 1 aromatic rings. The average Bonchev–Trinajstić information content (AvgIpc) is 2.64. The number of rotatable bonds is 3. The number of carbonyl (C=O) groups is 1. The van der Waals surface area contributed by atoms with Crippen LogP contribution >= 0.6 is 11.3 Å². The Balaban J connectivity index is 2.08. The van der Waals surface area contributed by atoms with Crippen molar-refractivity contribution in [2.75, 3.05) is 31.2 Å². The normalized spacial score (nSPS) is 20.1. The Morgan fingerprint density at radius 1 is 1.53 bits per heavy atom. The number of aromatic nitrogens is 1. The third-order valence-electron chi connectivity index (χ3n) is 3.77. The summed E-state index contributed by atoms with van der Waals surface area (Å²) in [5.41, 5.74) is 5.83. The molecule has 0 saturated carbocycles. The fraction of sp³-hybridized carbons (Fsp3) is 0.692. The molecule has 106 valence electrons. The van der Waals surface area contributed by atoms with Crippen LogP contribution in [0.2, 0.25) is 0 Å². The van der Waals surface area contributed by atoms with E-state index in [9.17, 15) is 4.79 Å². The average molecular weight is 282 g/mol. The van der Waals surface area contributed by atoms with Gasteiger partial charge in [-0.15, -0.1) is 0 Å². The molecule has 6 heteroatoms. The Morgan fingerprint density at radius 3 is 2.95 bits per heavy atom. The highest BCUT2D eigenvalue weighted by atomic mass is 32.1. The van der Waals surface area contributed by atoms with Crippen molar-refractivity contribution < 1.29 is 4.79 Å². The van der Waals surface area contributed by atoms with Gasteiger partial charge in [-0.2, -0.15) is 0 Å². The van der Waals surface area contributed by atoms with Crippen LogP contribution in [0.4, 0.5) is 10.9 Å². The summed E-state index contributed by atoms with van der Waals surface area (Å²) in [4.78, 5) is 19.1. The molecule has 1 atom stereocenters. The number of amides is 1. The van der Waals surface area contributed by atoms with E-state index in [1.54, 1.807) is 7.05 Å². The molecule has 3 N–H and O–H groups in total. The monoisotopic (exact) mass is 282 g/mol. The Morgan fingerprint density at radius 2 is 2.32 bits per heavy atom. The molecular formula is C13H22N4OS. The van der Waals surface area contributed by atoms with Crippen LogP contribution in [-0.4, -0.2) is 35.9 Å². The van der Waals surface area contributed by atoms with Crippen molar-refractivity contribution in [1.29, 1.82) is 0 Å². The first-order chi connectivity index (χ1) is 9.15. The van der Waals surface area contributed by atoms with E-state index < -0.39 is 0 Å². The molecule has 2 rings (SSSR count). The van der Waals surface area contributed by atoms with E-state index in [-0.39, 0.29) is 5.91 Å². The minimum absolute atomic E-state index is 0.0354. The van der Waals surface area contributed by atoms with Crippen LogP contribution in [0.15, 0.2) is 0 Å². The van der Waals surface area contributed by atoms with E-state index in [1.807, 2.05) is 4.90 Å². The van der Waals surface area contributed by atoms with Gasteiger partial charge >= 0.3 is 0 Å². The largest absolute Gasteiger partial charge is 0.382 e. The lowest BCUT2D eigenvalue weighted by molar-refractivity contribution is 0.0765. The van der Waals surface area contributed by atoms with Crippen LogP contribution in [0.5, 0.6) is 0 Å². The molecule has 0 radical (unpaired) electrons. The highest BCUT2D eigenvalue weighted by Crippen LogP contribution is 2.28. The van der Waals surface area contributed by atoms with Crippen molar-refractivity contribution in [3.8, 4) is 0 Å². The molecule has 0 aliphatic carbocycles. The number of thiazole rings is 1. The molecule has 2 heterocycles. The second-order valence-electron chi connectivity index (χ2n) is 4.98. The minimum atomic E-state index is 0.0354. The fourth-order valence-electron chi connectivity index (χ4n) is 2.51. The van der Waals surface area contributed by atoms with Crippen molar-refractivity contribution >= 4 is 28.2 Å². The number of carbonyl (C=O) groups excluding carboxylic acids is 1. The van der Waals surface area contributed by atoms with Crippen LogP contribution in [0.1, 0.15) is 42.3 Å². The van der Waals surface area contributed by atoms with Gasteiger partial charge in [-0.05, 0) is 25.2 Å². The van der Waals surface area contributed by atoms with Crippen LogP contribution in [0, 0.1) is 5.92 Å². The van der Waals surface area contributed by atoms with Gasteiger partial charge < -0.3 is 16.0 Å². The standard InChI is InChI=1S/C13H22N4OS/c1-3-9-5-4-7-17(8-6-9)12(18)10-11(14)16-13(15-2)19-10/h9H,3-8,14H2,1-2H3,(H,15,16). The lowest BCUT2D eigenvalue weighted by Gasteiger charge is -2.19. The molecule has 1 fully saturated rings. The van der Waals surface area contributed by atoms with Gasteiger partial charge in [0.15, 0.2) is 5.13 Å². The molecule has 0 bridgehead atoms. The summed E-state index contributed by atoms with van der Waals surface area (Å²) in [5, 5.41) is 3.63. The Labute approximate surface area is 118 Å². The lowest BCUT2D eigenvalue weighted by Crippen LogP contribution is -2.31. The third kappa shape index (κ3) is 3.18. The maximum Gasteiger partial charge on any atom is 0.267 e. The molecule has 1 aromatic heterocycles. The Kier molecular flexibility index (Phi) is 4.63. The quantitative estimate of drug-likeness (QED) is 0.893. The van der Waals surface area contributed by atoms with E-state index in [4.69, 9.17) is 5.73 Å². The topological polar surface area (TPSA) is 71.2 Å². The summed E-state index contributed by atoms with van der Waals surface area (Å²) in [6.07, 6.45) is 4.61. The Hall–Kier alpha value is -1.30. The van der Waals surface area contributed by atoms with Crippen LogP contribution in [0.3, 0.4) is 0 Å². The predicted octanol–water partition coefficient (Wildman–Crippen LogP) is 2.42. The summed E-state index contributed by atoms with van der Waals surface area (Å²) < 4.78 is 0. The van der Waals surface area contributed by atoms with E-state index in [2.05, 4.69) is 17.2 Å². The summed E-state index contributed by atoms with van der Waals surface area (Å²) in [6.45, 7) is 3.90. The van der Waals surface area contributed by atoms with Crippen molar-refractivity contribution in [3.05, 3.63) is 4.88 Å². The highest BCUT2D eigenvalue weighted by molar-refractivity contribution is 7.18. The first-order valence-corrected chi connectivity index (χ1v) is 7.70. The zero-order chi connectivity index (χ0) is 13.8. The van der Waals surface area contributed by atoms with Crippen LogP contribution < -0.4 is 11.1 Å². The molecule has 1 amide bonds. The number of anilines is 2. The van der Waals surface area contributed by atoms with Gasteiger partial charge in [-0.1, -0.05) is 24.7 Å². The molecule has 1 aliphatic rings. The first-order valence-electron chi connectivity index (χ1n) is 6.89. The second kappa shape index (κ2) is 6.23. The maximum absolute atomic E-state index is 12.5. The van der Waals surface area contributed by atoms with Gasteiger partial charge in [0.05, 0.1) is 0 Å². The summed E-state index contributed by atoms with van der Waals surface area (Å²) in [7, 11) is 1.78. The molecule has 1 aliphatic heterocycles. The number of likely N-dealkylation sites (tertiary alicyclic amines) is 1. The molecule has 5 nitrogen and oxygen atoms in total. The van der Waals surface area contributed by atoms with Crippen molar-refractivity contribution in [1.82, 2.24) is 9.88 Å². The van der Waals surface area contributed by atoms with Gasteiger partial charge in [0.1, 0.15) is 10.7 Å². The SMILES string of the molecule is CCC1CCCN(C(=O)c2sc(NC)nc2N)CC1. The molecule has 0 spiro atoms. The minimum Gasteiger partial charge on any atom is -0.382 e. The van der Waals surface area contributed by atoms with Crippen molar-refractivity contribution in [3.63, 3.8) is 0 Å². The van der Waals surface area contributed by atoms with Crippen molar-refractivity contribution in [2.45, 2.75) is 32.6 Å². The summed E-state index contributed by atoms with van der Waals surface area (Å²) >= 11 is 1.34. The van der Waals surface area contributed by atoms with E-state index in [0.717, 1.165) is 31.8 Å². The molecule has 19 heavy (non-hydrogen) atoms. The molecule has 1 saturated heterocycles. The number of nitrogen functional groups attached to an aromatic ring is 1. The van der Waals surface area contributed by atoms with Gasteiger partial charge in [-0.25, -0.2) is 4.98 Å². The van der Waals surface area contributed by atoms with E-state index >= 15 is 0 Å². The van der Waals surface area contributed by atoms with Crippen molar-refractivity contribution in [2.24, 2.45) is 5.92 Å². The number of nitrogens with two attached hydrogens (primary N) is 1. The molecule has 0 aromatic carbocycles. The lowest BCUT2D eigenvalue weighted by atomic mass is 9.98. The number of hydrogen-bond acceptors (Lipinski definition) is 5. The van der Waals surface area contributed by atoms with Gasteiger partial charge in [-0.3, -0.25) is 4.79 Å². The van der Waals surface area contributed by atoms with Gasteiger partial charge in [0, 0.05) is 20.1 Å². The van der Waals surface area contributed by atoms with Crippen LogP contribution in [-0.2, 0) is 0 Å². The first kappa shape index (κ1) is 14.1. The number of hydrogen-bond donors (Lipinski definition) is 2. The van der Waals surface area contributed by atoms with E-state index in [0.29, 0.717) is 15.8 Å². The fourth-order valence-corrected chi connectivity index (χ4v) is 3.32. The second-order valence-corrected chi connectivity index (χ2v) is 5.98. The van der Waals surface area contributed by atoms with Crippen LogP contribution in [0.25, 0.3) is 0 Å². The third-order valence-corrected chi connectivity index (χ3v) is 4.85. The smallest absolute Gasteiger partial charge is 0.267 e. The zero-order valence-electron chi connectivity index (χ0n) is 11.6. The predicted molar refractivity (Wildman–Crippen MR) is 79.6 cm³/mol. The molecule has 1 unspecified atom stereocenters. The summed E-state index contributed by atoms with van der Waals surface area (Å²) in [5.74, 6) is 1.13. The molecular weight excluding hydrogens is 260 g/mol. The zero-order valence-corrected chi connectivity index (χ0v) is 12.4. The highest BCUT2D eigenvalue weighted by Gasteiger charge is 2.24. The van der Waals surface area contributed by atoms with Gasteiger partial charge in [0.2, 0.25) is 0 Å². The Bertz CT molecular complexity index is 446. The summed E-state index contributed by atoms with van der Waals surface area (Å²) in [6, 6.07) is 0. The number of nitrogens with one attached hydrogen (secondary N) is 1. The van der Waals surface area contributed by atoms with Gasteiger partial charge in [0.25, 0.3) is 5.91 Å².